The van der Waals surface area contributed by atoms with Gasteiger partial charge >= 0.3 is 0 Å². The quantitative estimate of drug-likeness (QED) is 0.831. The summed E-state index contributed by atoms with van der Waals surface area (Å²) >= 11 is 0. The largest absolute Gasteiger partial charge is 0.375 e. The smallest absolute Gasteiger partial charge is 0.248 e. The molecule has 0 saturated carbocycles. The normalized spacial score (nSPS) is 19.9. The minimum Gasteiger partial charge on any atom is -0.375 e. The molecule has 0 bridgehead atoms. The summed E-state index contributed by atoms with van der Waals surface area (Å²) in [5, 5.41) is 11.3. The van der Waals surface area contributed by atoms with Crippen molar-refractivity contribution in [2.24, 2.45) is 0 Å². The molecule has 0 radical (unpaired) electrons. The molecule has 7 nitrogen and oxygen atoms in total. The molecule has 0 aliphatic carbocycles. The van der Waals surface area contributed by atoms with Crippen molar-refractivity contribution >= 4 is 5.91 Å². The van der Waals surface area contributed by atoms with Crippen LogP contribution < -0.4 is 0 Å². The number of carbonyl (C=O) groups excluding carboxylic acids is 1. The van der Waals surface area contributed by atoms with Gasteiger partial charge < -0.3 is 9.64 Å². The van der Waals surface area contributed by atoms with Crippen LogP contribution in [0.2, 0.25) is 0 Å². The first-order valence-electron chi connectivity index (χ1n) is 7.41. The van der Waals surface area contributed by atoms with Crippen LogP contribution in [0.15, 0.2) is 36.7 Å². The van der Waals surface area contributed by atoms with Gasteiger partial charge in [-0.2, -0.15) is 0 Å². The Hall–Kier alpha value is -2.28. The summed E-state index contributed by atoms with van der Waals surface area (Å²) in [6.07, 6.45) is 2.12. The van der Waals surface area contributed by atoms with Gasteiger partial charge in [0.15, 0.2) is 0 Å². The van der Waals surface area contributed by atoms with Gasteiger partial charge in [-0.3, -0.25) is 4.79 Å². The van der Waals surface area contributed by atoms with Gasteiger partial charge in [-0.1, -0.05) is 30.3 Å². The van der Waals surface area contributed by atoms with Crippen molar-refractivity contribution in [3.63, 3.8) is 0 Å². The average Bonchev–Trinajstić information content (AvgIpc) is 3.07. The van der Waals surface area contributed by atoms with Gasteiger partial charge in [-0.05, 0) is 22.9 Å². The molecular formula is C15H19N5O2. The lowest BCUT2D eigenvalue weighted by Gasteiger charge is -2.33. The van der Waals surface area contributed by atoms with Crippen LogP contribution in [-0.2, 0) is 16.0 Å². The third-order valence-electron chi connectivity index (χ3n) is 3.79. The standard InChI is InChI=1S/C15H19N5O2/c1-12-10-19(7-8-22-12)15(21)14(20-11-16-17-18-20)9-13-5-3-2-4-6-13/h2-6,11-12,14H,7-10H2,1H3/t12-,14+/m1/s1. The highest BCUT2D eigenvalue weighted by Gasteiger charge is 2.30. The fourth-order valence-corrected chi connectivity index (χ4v) is 2.67. The van der Waals surface area contributed by atoms with Crippen molar-refractivity contribution in [3.05, 3.63) is 42.2 Å². The molecule has 1 fully saturated rings. The lowest BCUT2D eigenvalue weighted by Crippen LogP contribution is -2.47. The highest BCUT2D eigenvalue weighted by atomic mass is 16.5. The first kappa shape index (κ1) is 14.6. The van der Waals surface area contributed by atoms with Crippen molar-refractivity contribution in [1.29, 1.82) is 0 Å². The Morgan fingerprint density at radius 3 is 2.91 bits per heavy atom. The molecule has 2 heterocycles. The van der Waals surface area contributed by atoms with Crippen molar-refractivity contribution in [3.8, 4) is 0 Å². The lowest BCUT2D eigenvalue weighted by atomic mass is 10.0. The van der Waals surface area contributed by atoms with Crippen LogP contribution in [0.25, 0.3) is 0 Å². The molecule has 116 valence electrons. The van der Waals surface area contributed by atoms with E-state index in [2.05, 4.69) is 15.5 Å². The molecule has 1 aromatic heterocycles. The van der Waals surface area contributed by atoms with Crippen LogP contribution in [0.3, 0.4) is 0 Å². The van der Waals surface area contributed by atoms with Crippen LogP contribution in [0.1, 0.15) is 18.5 Å². The monoisotopic (exact) mass is 301 g/mol. The number of tetrazole rings is 1. The van der Waals surface area contributed by atoms with E-state index >= 15 is 0 Å². The summed E-state index contributed by atoms with van der Waals surface area (Å²) in [5.41, 5.74) is 1.08. The maximum Gasteiger partial charge on any atom is 0.248 e. The molecule has 3 rings (SSSR count). The molecule has 1 aliphatic heterocycles. The highest BCUT2D eigenvalue weighted by molar-refractivity contribution is 5.80. The zero-order chi connectivity index (χ0) is 15.4. The SMILES string of the molecule is C[C@@H]1CN(C(=O)[C@H](Cc2ccccc2)n2cnnn2)CCO1. The lowest BCUT2D eigenvalue weighted by molar-refractivity contribution is -0.142. The number of amides is 1. The summed E-state index contributed by atoms with van der Waals surface area (Å²) in [6.45, 7) is 3.76. The van der Waals surface area contributed by atoms with E-state index in [1.54, 1.807) is 0 Å². The molecule has 1 aromatic carbocycles. The molecule has 22 heavy (non-hydrogen) atoms. The minimum absolute atomic E-state index is 0.0336. The van der Waals surface area contributed by atoms with E-state index in [4.69, 9.17) is 4.74 Å². The van der Waals surface area contributed by atoms with Crippen molar-refractivity contribution in [2.45, 2.75) is 25.5 Å². The number of hydrogen-bond donors (Lipinski definition) is 0. The van der Waals surface area contributed by atoms with Gasteiger partial charge in [0, 0.05) is 19.5 Å². The topological polar surface area (TPSA) is 73.1 Å². The number of carbonyl (C=O) groups is 1. The Morgan fingerprint density at radius 1 is 1.41 bits per heavy atom. The second kappa shape index (κ2) is 6.65. The zero-order valence-corrected chi connectivity index (χ0v) is 12.5. The molecule has 7 heteroatoms. The minimum atomic E-state index is -0.428. The van der Waals surface area contributed by atoms with Gasteiger partial charge in [0.05, 0.1) is 12.7 Å². The van der Waals surface area contributed by atoms with Crippen LogP contribution in [0, 0.1) is 0 Å². The Morgan fingerprint density at radius 2 is 2.23 bits per heavy atom. The summed E-state index contributed by atoms with van der Waals surface area (Å²) in [5.74, 6) is 0.0336. The predicted octanol–water partition coefficient (Wildman–Crippen LogP) is 0.704. The number of morpholine rings is 1. The van der Waals surface area contributed by atoms with Gasteiger partial charge in [0.2, 0.25) is 5.91 Å². The van der Waals surface area contributed by atoms with Crippen molar-refractivity contribution in [1.82, 2.24) is 25.1 Å². The van der Waals surface area contributed by atoms with Gasteiger partial charge in [0.25, 0.3) is 0 Å². The van der Waals surface area contributed by atoms with E-state index in [0.717, 1.165) is 5.56 Å². The molecule has 2 atom stereocenters. The number of rotatable bonds is 4. The maximum atomic E-state index is 12.9. The first-order valence-corrected chi connectivity index (χ1v) is 7.41. The number of aromatic nitrogens is 4. The van der Waals surface area contributed by atoms with E-state index in [-0.39, 0.29) is 12.0 Å². The number of hydrogen-bond acceptors (Lipinski definition) is 5. The fraction of sp³-hybridized carbons (Fsp3) is 0.467. The number of ether oxygens (including phenoxy) is 1. The summed E-state index contributed by atoms with van der Waals surface area (Å²) < 4.78 is 7.04. The highest BCUT2D eigenvalue weighted by Crippen LogP contribution is 2.18. The third kappa shape index (κ3) is 3.30. The molecule has 0 N–H and O–H groups in total. The van der Waals surface area contributed by atoms with Crippen LogP contribution >= 0.6 is 0 Å². The number of nitrogens with zero attached hydrogens (tertiary/aromatic N) is 5. The summed E-state index contributed by atoms with van der Waals surface area (Å²) in [6, 6.07) is 9.48. The summed E-state index contributed by atoms with van der Waals surface area (Å²) in [7, 11) is 0. The van der Waals surface area contributed by atoms with E-state index in [1.807, 2.05) is 42.2 Å². The molecular weight excluding hydrogens is 282 g/mol. The van der Waals surface area contributed by atoms with Gasteiger partial charge in [-0.25, -0.2) is 4.68 Å². The molecule has 0 unspecified atom stereocenters. The fourth-order valence-electron chi connectivity index (χ4n) is 2.67. The Labute approximate surface area is 128 Å². The molecule has 0 spiro atoms. The van der Waals surface area contributed by atoms with E-state index in [9.17, 15) is 4.79 Å². The van der Waals surface area contributed by atoms with Gasteiger partial charge in [0.1, 0.15) is 12.4 Å². The predicted molar refractivity (Wildman–Crippen MR) is 79.0 cm³/mol. The zero-order valence-electron chi connectivity index (χ0n) is 12.5. The molecule has 2 aromatic rings. The van der Waals surface area contributed by atoms with Crippen LogP contribution in [0.5, 0.6) is 0 Å². The molecule has 1 aliphatic rings. The second-order valence-corrected chi connectivity index (χ2v) is 5.46. The van der Waals surface area contributed by atoms with E-state index in [0.29, 0.717) is 26.1 Å². The van der Waals surface area contributed by atoms with Crippen LogP contribution in [0.4, 0.5) is 0 Å². The van der Waals surface area contributed by atoms with Crippen molar-refractivity contribution in [2.75, 3.05) is 19.7 Å². The summed E-state index contributed by atoms with van der Waals surface area (Å²) in [4.78, 5) is 14.7. The molecule has 1 amide bonds. The first-order chi connectivity index (χ1) is 10.7. The van der Waals surface area contributed by atoms with Crippen molar-refractivity contribution < 1.29 is 9.53 Å². The average molecular weight is 301 g/mol. The second-order valence-electron chi connectivity index (χ2n) is 5.46. The molecule has 1 saturated heterocycles. The van der Waals surface area contributed by atoms with E-state index in [1.165, 1.54) is 11.0 Å². The third-order valence-corrected chi connectivity index (χ3v) is 3.79. The Balaban J connectivity index is 1.80. The number of benzene rings is 1. The Kier molecular flexibility index (Phi) is 4.43. The van der Waals surface area contributed by atoms with Crippen LogP contribution in [-0.4, -0.2) is 56.8 Å². The maximum absolute atomic E-state index is 12.9. The van der Waals surface area contributed by atoms with Gasteiger partial charge in [-0.15, -0.1) is 5.10 Å². The Bertz CT molecular complexity index is 602. The van der Waals surface area contributed by atoms with E-state index < -0.39 is 6.04 Å².